The van der Waals surface area contributed by atoms with Gasteiger partial charge in [0.15, 0.2) is 0 Å². The molecule has 1 N–H and O–H groups in total. The molecule has 0 saturated heterocycles. The van der Waals surface area contributed by atoms with Crippen molar-refractivity contribution in [3.63, 3.8) is 0 Å². The van der Waals surface area contributed by atoms with Gasteiger partial charge >= 0.3 is 0 Å². The van der Waals surface area contributed by atoms with E-state index in [4.69, 9.17) is 0 Å². The normalized spacial score (nSPS) is 24.8. The fourth-order valence-electron chi connectivity index (χ4n) is 27.8. The lowest BCUT2D eigenvalue weighted by molar-refractivity contribution is -0.113. The third-order valence-electron chi connectivity index (χ3n) is 40.4. The standard InChI is InChI=1S/C13H26O.3C13H24.C12H22.C12H20.C12H22.3C11H20.C10H18.C9H16.C8H14/c1-10(2)13(14)8-11(3,4)7-12(5,6)9-13;1-10(2)11-7-12(3,4)9-13(5,6)8-11;1-10(2)11-6-8-12(9-7-11)13(3,4)5;1-5-13(6-2)9-7-12(8-10-13)11(3)4;2*1-10(2)11-4-8-12(9-5-11)6-3-7-12;1-9(2)10-7-11(3,4)12(5,6)8-10;1-9(2)10-5-7-11(3,4)8-6-10;1-10(2)11-8-6-4-3-5-7-9-11;1-4-10-5-7-11(8-6-10)9(2)3;1-9(2)10-7-5-3-4-6-8-10;1-8(2)9-6-4-3-5-7-9;1-7(2)8-5-3-4-6-8/h10,14H,7-9H2,1-6H3;7,10H,8-9H2,1-6H3;6,10,12H,7-9H2,1-5H3;7,11H,5-6,8-10H2,1-4H3;10-11H,3-9H2,1-2H3;4,10H,3,5-9H2,1-2H3;7,9H,8H2,1-6H3;5,9H,6-8H2,1-4H3;8,10H,3-7,9H2,1-2H3;5,9,11H,4,6-8H2,1-3H3;7,9H,3-6,8H2,1-2H3;6,8H,3-5,7H2,1-2H3;5,7H,3-4,6H2,1-2H3/b;;;;;;;;11-8+;;;;. The highest BCUT2D eigenvalue weighted by molar-refractivity contribution is 5.24. The molecule has 15 aliphatic rings. The molecule has 0 aromatic rings. The molecule has 149 heavy (non-hydrogen) atoms. The molecule has 0 aliphatic heterocycles. The molecule has 0 aromatic heterocycles. The smallest absolute Gasteiger partial charge is 0.0680 e. The van der Waals surface area contributed by atoms with Gasteiger partial charge in [-0.1, -0.05) is 492 Å². The van der Waals surface area contributed by atoms with Crippen LogP contribution in [0.4, 0.5) is 0 Å². The molecule has 2 spiro atoms. The fraction of sp³-hybridized carbons (Fsp3) is 0.851. The maximum Gasteiger partial charge on any atom is 0.0680 e. The van der Waals surface area contributed by atoms with Gasteiger partial charge in [0.05, 0.1) is 5.60 Å². The van der Waals surface area contributed by atoms with E-state index >= 15 is 0 Å². The predicted octanol–water partition coefficient (Wildman–Crippen LogP) is 49.9. The second kappa shape index (κ2) is 66.3. The van der Waals surface area contributed by atoms with Crippen LogP contribution < -0.4 is 0 Å². The van der Waals surface area contributed by atoms with Crippen LogP contribution in [0.5, 0.6) is 0 Å². The summed E-state index contributed by atoms with van der Waals surface area (Å²) in [5.74, 6) is 12.8. The largest absolute Gasteiger partial charge is 0.390 e. The molecule has 15 aliphatic carbocycles. The van der Waals surface area contributed by atoms with E-state index in [2.05, 4.69) is 385 Å². The van der Waals surface area contributed by atoms with Crippen LogP contribution in [0.25, 0.3) is 0 Å². The molecule has 4 fully saturated rings. The first-order valence-corrected chi connectivity index (χ1v) is 65.3. The average molecular weight is 2070 g/mol. The molecule has 2 atom stereocenters. The summed E-state index contributed by atoms with van der Waals surface area (Å²) < 4.78 is 0. The lowest BCUT2D eigenvalue weighted by atomic mass is 9.57. The molecular formula is C148H270O. The Morgan fingerprint density at radius 2 is 0.664 bits per heavy atom. The Morgan fingerprint density at radius 1 is 0.289 bits per heavy atom. The summed E-state index contributed by atoms with van der Waals surface area (Å²) in [7, 11) is 0. The Morgan fingerprint density at radius 3 is 0.960 bits per heavy atom. The minimum absolute atomic E-state index is 0.279. The van der Waals surface area contributed by atoms with Crippen molar-refractivity contribution in [2.45, 2.75) is 658 Å². The first kappa shape index (κ1) is 140. The summed E-state index contributed by atoms with van der Waals surface area (Å²) in [5, 5.41) is 10.6. The Bertz CT molecular complexity index is 4000. The van der Waals surface area contributed by atoms with Crippen LogP contribution in [0.15, 0.2) is 128 Å². The molecule has 15 rings (SSSR count). The van der Waals surface area contributed by atoms with Gasteiger partial charge < -0.3 is 5.11 Å². The maximum absolute atomic E-state index is 10.6. The minimum atomic E-state index is -0.453. The SMILES string of the molecule is CC(C)/C1=C/CCCCCC1.CC(C)C1(O)CC(C)(C)CC(C)(C)C1.CC(C)C1=CC(C)(C)C(C)(C)C1.CC(C)C1=CC(C)(C)CC(C)(C)C1.CC(C)C1=CCC(C(C)(C)C)CC1.CC(C)C1=CCC(C)(C)CC1.CC(C)C1=CCC2(CCC2)CC1.CC(C)C1=CCCC1.CC(C)C1=CCCCC1.CC(C)C1=CCCCCC1.CC(C)C1CCC2(CCC2)CC1.CCC1(CC)CC=C(C(C)C)CC1.CCC1=CCC(C(C)C)CC1. The van der Waals surface area contributed by atoms with Gasteiger partial charge in [0, 0.05) is 0 Å². The van der Waals surface area contributed by atoms with Gasteiger partial charge in [0.1, 0.15) is 0 Å². The molecular weight excluding hydrogens is 1790 g/mol. The van der Waals surface area contributed by atoms with Crippen LogP contribution >= 0.6 is 0 Å². The number of aliphatic hydroxyl groups is 1. The summed E-state index contributed by atoms with van der Waals surface area (Å²) in [6.45, 7) is 107. The molecule has 868 valence electrons. The van der Waals surface area contributed by atoms with E-state index in [1.165, 1.54) is 295 Å². The van der Waals surface area contributed by atoms with Crippen LogP contribution in [0.1, 0.15) is 652 Å². The zero-order valence-corrected chi connectivity index (χ0v) is 110. The molecule has 0 bridgehead atoms. The summed E-state index contributed by atoms with van der Waals surface area (Å²) in [5.41, 5.74) is 23.7. The Hall–Kier alpha value is -2.90. The number of hydrogen-bond acceptors (Lipinski definition) is 1. The molecule has 0 aromatic carbocycles. The van der Waals surface area contributed by atoms with Gasteiger partial charge in [-0.3, -0.25) is 0 Å². The van der Waals surface area contributed by atoms with Crippen molar-refractivity contribution in [2.75, 3.05) is 0 Å². The van der Waals surface area contributed by atoms with Crippen molar-refractivity contribution in [3.05, 3.63) is 128 Å². The first-order chi connectivity index (χ1) is 69.0. The van der Waals surface area contributed by atoms with E-state index in [0.717, 1.165) is 112 Å². The highest BCUT2D eigenvalue weighted by atomic mass is 16.3. The van der Waals surface area contributed by atoms with Gasteiger partial charge in [-0.2, -0.15) is 0 Å². The molecule has 1 nitrogen and oxygen atoms in total. The van der Waals surface area contributed by atoms with Gasteiger partial charge in [0.2, 0.25) is 0 Å². The summed E-state index contributed by atoms with van der Waals surface area (Å²) >= 11 is 0. The van der Waals surface area contributed by atoms with Gasteiger partial charge in [-0.25, -0.2) is 0 Å². The van der Waals surface area contributed by atoms with Crippen molar-refractivity contribution < 1.29 is 5.11 Å². The zero-order chi connectivity index (χ0) is 113. The third-order valence-corrected chi connectivity index (χ3v) is 40.4. The van der Waals surface area contributed by atoms with Crippen molar-refractivity contribution in [1.82, 2.24) is 0 Å². The third kappa shape index (κ3) is 53.3. The Labute approximate surface area is 939 Å². The van der Waals surface area contributed by atoms with E-state index in [1.807, 2.05) is 0 Å². The summed E-state index contributed by atoms with van der Waals surface area (Å²) in [4.78, 5) is 0. The number of allylic oxidation sites excluding steroid dienone is 22. The second-order valence-corrected chi connectivity index (χ2v) is 62.4. The minimum Gasteiger partial charge on any atom is -0.390 e. The van der Waals surface area contributed by atoms with E-state index in [9.17, 15) is 5.11 Å². The molecule has 0 heterocycles. The van der Waals surface area contributed by atoms with E-state index < -0.39 is 5.60 Å². The topological polar surface area (TPSA) is 20.2 Å². The van der Waals surface area contributed by atoms with E-state index in [1.54, 1.807) is 87.0 Å². The Kier molecular flexibility index (Phi) is 62.4. The summed E-state index contributed by atoms with van der Waals surface area (Å²) in [6.07, 6.45) is 98.9. The van der Waals surface area contributed by atoms with Crippen molar-refractivity contribution in [2.24, 2.45) is 154 Å². The molecule has 0 amide bonds. The van der Waals surface area contributed by atoms with Crippen LogP contribution in [-0.2, 0) is 0 Å². The fourth-order valence-corrected chi connectivity index (χ4v) is 27.8. The number of hydrogen-bond donors (Lipinski definition) is 1. The monoisotopic (exact) mass is 2060 g/mol. The van der Waals surface area contributed by atoms with Gasteiger partial charge in [-0.05, 0) is 443 Å². The van der Waals surface area contributed by atoms with Crippen LogP contribution in [0, 0.1) is 154 Å². The number of rotatable bonds is 16. The quantitative estimate of drug-likeness (QED) is 0.153. The van der Waals surface area contributed by atoms with E-state index in [0.29, 0.717) is 43.8 Å². The summed E-state index contributed by atoms with van der Waals surface area (Å²) in [6, 6.07) is 0. The van der Waals surface area contributed by atoms with E-state index in [-0.39, 0.29) is 10.8 Å². The molecule has 0 radical (unpaired) electrons. The van der Waals surface area contributed by atoms with Crippen molar-refractivity contribution >= 4 is 0 Å². The van der Waals surface area contributed by atoms with Crippen LogP contribution in [-0.4, -0.2) is 10.7 Å². The molecule has 4 saturated carbocycles. The molecule has 2 unspecified atom stereocenters. The lowest BCUT2D eigenvalue weighted by Gasteiger charge is -2.51. The average Bonchev–Trinajstić information content (AvgIpc) is 1.01. The van der Waals surface area contributed by atoms with Gasteiger partial charge in [0.25, 0.3) is 0 Å². The Balaban J connectivity index is 0.000000415. The lowest BCUT2D eigenvalue weighted by Crippen LogP contribution is -2.49. The second-order valence-electron chi connectivity index (χ2n) is 62.4. The van der Waals surface area contributed by atoms with Crippen molar-refractivity contribution in [1.29, 1.82) is 0 Å². The van der Waals surface area contributed by atoms with Gasteiger partial charge in [-0.15, -0.1) is 0 Å². The van der Waals surface area contributed by atoms with Crippen LogP contribution in [0.2, 0.25) is 0 Å². The van der Waals surface area contributed by atoms with Crippen LogP contribution in [0.3, 0.4) is 0 Å². The zero-order valence-electron chi connectivity index (χ0n) is 110. The molecule has 1 heteroatoms. The first-order valence-electron chi connectivity index (χ1n) is 65.3. The highest BCUT2D eigenvalue weighted by Gasteiger charge is 2.49. The predicted molar refractivity (Wildman–Crippen MR) is 678 cm³/mol. The van der Waals surface area contributed by atoms with Crippen molar-refractivity contribution in [3.8, 4) is 0 Å². The highest BCUT2D eigenvalue weighted by Crippen LogP contribution is 2.57. The maximum atomic E-state index is 10.6.